The fraction of sp³-hybridized carbons (Fsp3) is 0.421. The van der Waals surface area contributed by atoms with Crippen molar-refractivity contribution in [3.8, 4) is 11.5 Å². The number of hydrogen-bond donors (Lipinski definition) is 2. The van der Waals surface area contributed by atoms with Crippen molar-refractivity contribution in [3.63, 3.8) is 0 Å². The van der Waals surface area contributed by atoms with Gasteiger partial charge in [-0.05, 0) is 44.2 Å². The first-order valence-corrected chi connectivity index (χ1v) is 8.89. The SMILES string of the molecule is COc1ccc(Nc2nncc(NCCC3=CCCCC3)n2)cc1OC. The maximum absolute atomic E-state index is 5.31. The number of anilines is 3. The molecule has 1 aliphatic carbocycles. The topological polar surface area (TPSA) is 81.2 Å². The first kappa shape index (κ1) is 18.0. The summed E-state index contributed by atoms with van der Waals surface area (Å²) in [4.78, 5) is 4.46. The number of hydrogen-bond acceptors (Lipinski definition) is 7. The second-order valence-corrected chi connectivity index (χ2v) is 6.14. The van der Waals surface area contributed by atoms with Gasteiger partial charge in [-0.1, -0.05) is 11.6 Å². The van der Waals surface area contributed by atoms with E-state index in [4.69, 9.17) is 9.47 Å². The van der Waals surface area contributed by atoms with E-state index in [0.717, 1.165) is 18.7 Å². The van der Waals surface area contributed by atoms with Crippen LogP contribution in [0.5, 0.6) is 11.5 Å². The highest BCUT2D eigenvalue weighted by molar-refractivity contribution is 5.60. The van der Waals surface area contributed by atoms with Crippen LogP contribution in [0.25, 0.3) is 0 Å². The van der Waals surface area contributed by atoms with Crippen molar-refractivity contribution < 1.29 is 9.47 Å². The molecule has 7 heteroatoms. The van der Waals surface area contributed by atoms with Crippen molar-refractivity contribution in [2.75, 3.05) is 31.4 Å². The van der Waals surface area contributed by atoms with Crippen LogP contribution in [-0.2, 0) is 0 Å². The normalized spacial score (nSPS) is 13.7. The van der Waals surface area contributed by atoms with Crippen molar-refractivity contribution in [2.45, 2.75) is 32.1 Å². The quantitative estimate of drug-likeness (QED) is 0.694. The van der Waals surface area contributed by atoms with Crippen molar-refractivity contribution in [2.24, 2.45) is 0 Å². The smallest absolute Gasteiger partial charge is 0.249 e. The second-order valence-electron chi connectivity index (χ2n) is 6.14. The summed E-state index contributed by atoms with van der Waals surface area (Å²) in [7, 11) is 3.21. The third kappa shape index (κ3) is 4.84. The molecule has 0 amide bonds. The standard InChI is InChI=1S/C19H25N5O2/c1-25-16-9-8-15(12-17(16)26-2)22-19-23-18(13-21-24-19)20-11-10-14-6-4-3-5-7-14/h6,8-9,12-13H,3-5,7,10-11H2,1-2H3,(H2,20,22,23,24). The molecule has 0 radical (unpaired) electrons. The predicted octanol–water partition coefficient (Wildman–Crippen LogP) is 3.93. The van der Waals surface area contributed by atoms with Gasteiger partial charge in [0.25, 0.3) is 0 Å². The highest BCUT2D eigenvalue weighted by Crippen LogP contribution is 2.30. The molecule has 0 bridgehead atoms. The maximum Gasteiger partial charge on any atom is 0.249 e. The molecule has 1 aromatic heterocycles. The third-order valence-corrected chi connectivity index (χ3v) is 4.34. The van der Waals surface area contributed by atoms with Crippen LogP contribution in [0.1, 0.15) is 32.1 Å². The molecule has 1 aliphatic rings. The third-order valence-electron chi connectivity index (χ3n) is 4.34. The minimum atomic E-state index is 0.430. The van der Waals surface area contributed by atoms with Gasteiger partial charge in [0, 0.05) is 18.3 Å². The summed E-state index contributed by atoms with van der Waals surface area (Å²) in [5, 5.41) is 14.5. The lowest BCUT2D eigenvalue weighted by Gasteiger charge is -2.13. The van der Waals surface area contributed by atoms with E-state index in [1.165, 1.54) is 31.3 Å². The highest BCUT2D eigenvalue weighted by atomic mass is 16.5. The Morgan fingerprint density at radius 1 is 1.12 bits per heavy atom. The zero-order valence-electron chi connectivity index (χ0n) is 15.3. The van der Waals surface area contributed by atoms with E-state index in [9.17, 15) is 0 Å². The molecule has 0 saturated heterocycles. The zero-order valence-corrected chi connectivity index (χ0v) is 15.3. The van der Waals surface area contributed by atoms with Crippen molar-refractivity contribution in [1.82, 2.24) is 15.2 Å². The van der Waals surface area contributed by atoms with Crippen LogP contribution in [0.2, 0.25) is 0 Å². The molecule has 1 aromatic carbocycles. The van der Waals surface area contributed by atoms with Crippen molar-refractivity contribution in [1.29, 1.82) is 0 Å². The van der Waals surface area contributed by atoms with Gasteiger partial charge >= 0.3 is 0 Å². The number of rotatable bonds is 8. The number of methoxy groups -OCH3 is 2. The molecule has 26 heavy (non-hydrogen) atoms. The van der Waals surface area contributed by atoms with Gasteiger partial charge in [0.2, 0.25) is 5.95 Å². The highest BCUT2D eigenvalue weighted by Gasteiger charge is 2.07. The van der Waals surface area contributed by atoms with Gasteiger partial charge in [0.15, 0.2) is 17.3 Å². The Morgan fingerprint density at radius 3 is 2.77 bits per heavy atom. The van der Waals surface area contributed by atoms with Gasteiger partial charge in [-0.25, -0.2) is 0 Å². The minimum Gasteiger partial charge on any atom is -0.493 e. The molecule has 3 rings (SSSR count). The van der Waals surface area contributed by atoms with Crippen LogP contribution in [0.4, 0.5) is 17.5 Å². The first-order chi connectivity index (χ1) is 12.8. The summed E-state index contributed by atoms with van der Waals surface area (Å²) in [6.07, 6.45) is 10.1. The summed E-state index contributed by atoms with van der Waals surface area (Å²) in [5.74, 6) is 2.45. The molecule has 0 atom stereocenters. The van der Waals surface area contributed by atoms with E-state index in [-0.39, 0.29) is 0 Å². The van der Waals surface area contributed by atoms with Crippen LogP contribution in [0.15, 0.2) is 36.0 Å². The average molecular weight is 355 g/mol. The monoisotopic (exact) mass is 355 g/mol. The number of aromatic nitrogens is 3. The van der Waals surface area contributed by atoms with E-state index in [1.54, 1.807) is 20.4 Å². The fourth-order valence-corrected chi connectivity index (χ4v) is 2.97. The first-order valence-electron chi connectivity index (χ1n) is 8.89. The molecular weight excluding hydrogens is 330 g/mol. The Labute approximate surface area is 153 Å². The molecule has 2 aromatic rings. The van der Waals surface area contributed by atoms with Crippen LogP contribution in [0, 0.1) is 0 Å². The lowest BCUT2D eigenvalue weighted by Crippen LogP contribution is -2.08. The summed E-state index contributed by atoms with van der Waals surface area (Å²) in [6.45, 7) is 0.848. The van der Waals surface area contributed by atoms with Gasteiger partial charge in [-0.15, -0.1) is 5.10 Å². The molecule has 0 aliphatic heterocycles. The predicted molar refractivity (Wildman–Crippen MR) is 102 cm³/mol. The summed E-state index contributed by atoms with van der Waals surface area (Å²) >= 11 is 0. The molecule has 1 heterocycles. The number of allylic oxidation sites excluding steroid dienone is 1. The second kappa shape index (κ2) is 9.03. The van der Waals surface area contributed by atoms with Gasteiger partial charge in [0.1, 0.15) is 0 Å². The molecule has 7 nitrogen and oxygen atoms in total. The van der Waals surface area contributed by atoms with Crippen LogP contribution >= 0.6 is 0 Å². The molecule has 0 fully saturated rings. The van der Waals surface area contributed by atoms with Crippen LogP contribution in [-0.4, -0.2) is 35.9 Å². The minimum absolute atomic E-state index is 0.430. The van der Waals surface area contributed by atoms with Crippen molar-refractivity contribution >= 4 is 17.5 Å². The van der Waals surface area contributed by atoms with Gasteiger partial charge in [0.05, 0.1) is 20.4 Å². The Kier molecular flexibility index (Phi) is 6.24. The average Bonchev–Trinajstić information content (AvgIpc) is 2.69. The van der Waals surface area contributed by atoms with Gasteiger partial charge in [-0.3, -0.25) is 0 Å². The van der Waals surface area contributed by atoms with E-state index in [0.29, 0.717) is 23.3 Å². The maximum atomic E-state index is 5.31. The summed E-state index contributed by atoms with van der Waals surface area (Å²) < 4.78 is 10.6. The van der Waals surface area contributed by atoms with E-state index >= 15 is 0 Å². The Hall–Kier alpha value is -2.83. The van der Waals surface area contributed by atoms with Gasteiger partial charge in [-0.2, -0.15) is 10.1 Å². The Morgan fingerprint density at radius 2 is 2.00 bits per heavy atom. The lowest BCUT2D eigenvalue weighted by molar-refractivity contribution is 0.355. The number of ether oxygens (including phenoxy) is 2. The molecule has 0 saturated carbocycles. The molecule has 0 unspecified atom stereocenters. The molecule has 138 valence electrons. The molecule has 0 spiro atoms. The van der Waals surface area contributed by atoms with E-state index < -0.39 is 0 Å². The van der Waals surface area contributed by atoms with Crippen LogP contribution in [0.3, 0.4) is 0 Å². The Bertz CT molecular complexity index is 763. The summed E-state index contributed by atoms with van der Waals surface area (Å²) in [5.41, 5.74) is 2.34. The molecule has 2 N–H and O–H groups in total. The van der Waals surface area contributed by atoms with Crippen LogP contribution < -0.4 is 20.1 Å². The number of nitrogens with zero attached hydrogens (tertiary/aromatic N) is 3. The zero-order chi connectivity index (χ0) is 18.2. The number of nitrogens with one attached hydrogen (secondary N) is 2. The fourth-order valence-electron chi connectivity index (χ4n) is 2.97. The number of benzene rings is 1. The summed E-state index contributed by atoms with van der Waals surface area (Å²) in [6, 6.07) is 5.53. The van der Waals surface area contributed by atoms with E-state index in [2.05, 4.69) is 31.9 Å². The molecular formula is C19H25N5O2. The Balaban J connectivity index is 1.59. The van der Waals surface area contributed by atoms with E-state index in [1.807, 2.05) is 18.2 Å². The van der Waals surface area contributed by atoms with Crippen molar-refractivity contribution in [3.05, 3.63) is 36.0 Å². The largest absolute Gasteiger partial charge is 0.493 e. The lowest BCUT2D eigenvalue weighted by atomic mass is 9.97. The van der Waals surface area contributed by atoms with Gasteiger partial charge < -0.3 is 20.1 Å².